The molecule has 0 saturated carbocycles. The van der Waals surface area contributed by atoms with Gasteiger partial charge in [-0.15, -0.1) is 11.3 Å². The summed E-state index contributed by atoms with van der Waals surface area (Å²) in [6.07, 6.45) is 2.48. The second-order valence-electron chi connectivity index (χ2n) is 4.56. The van der Waals surface area contributed by atoms with Gasteiger partial charge in [-0.25, -0.2) is 0 Å². The lowest BCUT2D eigenvalue weighted by molar-refractivity contribution is 0.451. The first-order valence-electron chi connectivity index (χ1n) is 5.95. The topological polar surface area (TPSA) is 12.0 Å². The highest BCUT2D eigenvalue weighted by atomic mass is 32.1. The Morgan fingerprint density at radius 1 is 1.27 bits per heavy atom. The fourth-order valence-corrected chi connectivity index (χ4v) is 2.43. The molecule has 0 aliphatic heterocycles. The minimum atomic E-state index is 0.743. The molecule has 0 aliphatic carbocycles. The van der Waals surface area contributed by atoms with E-state index in [1.807, 2.05) is 11.3 Å². The second-order valence-corrected chi connectivity index (χ2v) is 5.59. The minimum Gasteiger partial charge on any atom is -0.316 e. The average molecular weight is 225 g/mol. The van der Waals surface area contributed by atoms with Crippen molar-refractivity contribution in [2.75, 3.05) is 13.1 Å². The highest BCUT2D eigenvalue weighted by Gasteiger charge is 2.05. The van der Waals surface area contributed by atoms with E-state index in [0.717, 1.165) is 24.9 Å². The molecule has 2 atom stereocenters. The Labute approximate surface area is 97.9 Å². The van der Waals surface area contributed by atoms with E-state index in [1.54, 1.807) is 0 Å². The summed E-state index contributed by atoms with van der Waals surface area (Å²) >= 11 is 1.87. The predicted molar refractivity (Wildman–Crippen MR) is 69.5 cm³/mol. The van der Waals surface area contributed by atoms with E-state index in [1.165, 1.54) is 17.7 Å². The van der Waals surface area contributed by atoms with E-state index in [2.05, 4.69) is 43.6 Å². The van der Waals surface area contributed by atoms with Gasteiger partial charge in [-0.3, -0.25) is 0 Å². The van der Waals surface area contributed by atoms with Gasteiger partial charge in [0.1, 0.15) is 0 Å². The van der Waals surface area contributed by atoms with Gasteiger partial charge in [-0.05, 0) is 42.8 Å². The average Bonchev–Trinajstić information content (AvgIpc) is 2.70. The van der Waals surface area contributed by atoms with Gasteiger partial charge in [0.05, 0.1) is 0 Å². The molecule has 1 N–H and O–H groups in total. The molecule has 1 aromatic rings. The summed E-state index contributed by atoms with van der Waals surface area (Å²) in [4.78, 5) is 1.51. The summed E-state index contributed by atoms with van der Waals surface area (Å²) in [5.41, 5.74) is 0. The Kier molecular flexibility index (Phi) is 5.96. The van der Waals surface area contributed by atoms with Crippen LogP contribution in [-0.2, 0) is 6.42 Å². The molecule has 0 fully saturated rings. The van der Waals surface area contributed by atoms with Crippen LogP contribution in [0.4, 0.5) is 0 Å². The van der Waals surface area contributed by atoms with Gasteiger partial charge in [0.15, 0.2) is 0 Å². The molecule has 2 unspecified atom stereocenters. The first-order valence-corrected chi connectivity index (χ1v) is 6.83. The first-order chi connectivity index (χ1) is 7.22. The van der Waals surface area contributed by atoms with Crippen LogP contribution in [0.1, 0.15) is 32.1 Å². The maximum absolute atomic E-state index is 3.55. The van der Waals surface area contributed by atoms with E-state index in [9.17, 15) is 0 Å². The summed E-state index contributed by atoms with van der Waals surface area (Å²) in [5.74, 6) is 1.55. The third-order valence-corrected chi connectivity index (χ3v) is 3.71. The third kappa shape index (κ3) is 5.33. The minimum absolute atomic E-state index is 0.743. The third-order valence-electron chi connectivity index (χ3n) is 2.81. The van der Waals surface area contributed by atoms with Crippen molar-refractivity contribution in [1.29, 1.82) is 0 Å². The number of thiophene rings is 1. The van der Waals surface area contributed by atoms with E-state index in [4.69, 9.17) is 0 Å². The quantitative estimate of drug-likeness (QED) is 0.748. The van der Waals surface area contributed by atoms with Crippen LogP contribution in [0.3, 0.4) is 0 Å². The van der Waals surface area contributed by atoms with Crippen molar-refractivity contribution in [2.45, 2.75) is 33.6 Å². The lowest BCUT2D eigenvalue weighted by Gasteiger charge is -2.14. The number of nitrogens with one attached hydrogen (secondary N) is 1. The molecule has 1 heterocycles. The Bertz CT molecular complexity index is 243. The molecule has 15 heavy (non-hydrogen) atoms. The van der Waals surface area contributed by atoms with Gasteiger partial charge in [0, 0.05) is 4.88 Å². The van der Waals surface area contributed by atoms with Crippen LogP contribution in [0.15, 0.2) is 17.5 Å². The van der Waals surface area contributed by atoms with Gasteiger partial charge in [-0.2, -0.15) is 0 Å². The summed E-state index contributed by atoms with van der Waals surface area (Å²) in [6, 6.07) is 4.37. The van der Waals surface area contributed by atoms with Crippen LogP contribution >= 0.6 is 11.3 Å². The van der Waals surface area contributed by atoms with Crippen LogP contribution < -0.4 is 5.32 Å². The summed E-state index contributed by atoms with van der Waals surface area (Å²) in [7, 11) is 0. The van der Waals surface area contributed by atoms with Gasteiger partial charge >= 0.3 is 0 Å². The monoisotopic (exact) mass is 225 g/mol. The smallest absolute Gasteiger partial charge is 0.00483 e. The van der Waals surface area contributed by atoms with Crippen molar-refractivity contribution < 1.29 is 0 Å². The fraction of sp³-hybridized carbons (Fsp3) is 0.692. The number of hydrogen-bond acceptors (Lipinski definition) is 2. The van der Waals surface area contributed by atoms with Gasteiger partial charge < -0.3 is 5.32 Å². The Balaban J connectivity index is 2.11. The van der Waals surface area contributed by atoms with Gasteiger partial charge in [0.2, 0.25) is 0 Å². The van der Waals surface area contributed by atoms with E-state index in [-0.39, 0.29) is 0 Å². The number of hydrogen-bond donors (Lipinski definition) is 1. The Morgan fingerprint density at radius 2 is 2.00 bits per heavy atom. The predicted octanol–water partition coefficient (Wildman–Crippen LogP) is 3.56. The van der Waals surface area contributed by atoms with Crippen molar-refractivity contribution in [3.8, 4) is 0 Å². The van der Waals surface area contributed by atoms with Crippen molar-refractivity contribution >= 4 is 11.3 Å². The van der Waals surface area contributed by atoms with Crippen molar-refractivity contribution in [1.82, 2.24) is 5.32 Å². The first kappa shape index (κ1) is 12.7. The zero-order valence-electron chi connectivity index (χ0n) is 10.1. The molecule has 0 aromatic carbocycles. The molecule has 0 bridgehead atoms. The maximum Gasteiger partial charge on any atom is 0.00483 e. The fourth-order valence-electron chi connectivity index (χ4n) is 1.56. The summed E-state index contributed by atoms with van der Waals surface area (Å²) in [6.45, 7) is 9.18. The van der Waals surface area contributed by atoms with E-state index in [0.29, 0.717) is 0 Å². The van der Waals surface area contributed by atoms with Crippen molar-refractivity contribution in [2.24, 2.45) is 11.8 Å². The standard InChI is InChI=1S/C13H23NS/c1-4-11(2)9-14-10-12(3)8-13-6-5-7-15-13/h5-7,11-12,14H,4,8-10H2,1-3H3. The number of rotatable bonds is 7. The molecule has 0 aliphatic rings. The SMILES string of the molecule is CCC(C)CNCC(C)Cc1cccs1. The molecular formula is C13H23NS. The molecule has 0 radical (unpaired) electrons. The normalized spacial score (nSPS) is 15.1. The van der Waals surface area contributed by atoms with Crippen molar-refractivity contribution in [3.05, 3.63) is 22.4 Å². The zero-order chi connectivity index (χ0) is 11.1. The molecule has 86 valence electrons. The van der Waals surface area contributed by atoms with Crippen LogP contribution in [0.5, 0.6) is 0 Å². The summed E-state index contributed by atoms with van der Waals surface area (Å²) in [5, 5.41) is 5.71. The van der Waals surface area contributed by atoms with Crippen LogP contribution in [0.2, 0.25) is 0 Å². The van der Waals surface area contributed by atoms with Crippen molar-refractivity contribution in [3.63, 3.8) is 0 Å². The zero-order valence-corrected chi connectivity index (χ0v) is 10.9. The Hall–Kier alpha value is -0.340. The summed E-state index contributed by atoms with van der Waals surface area (Å²) < 4.78 is 0. The maximum atomic E-state index is 3.55. The highest BCUT2D eigenvalue weighted by Crippen LogP contribution is 2.13. The Morgan fingerprint density at radius 3 is 2.60 bits per heavy atom. The van der Waals surface area contributed by atoms with Crippen LogP contribution in [0.25, 0.3) is 0 Å². The molecule has 2 heteroatoms. The molecule has 1 nitrogen and oxygen atoms in total. The lowest BCUT2D eigenvalue weighted by atomic mass is 10.1. The van der Waals surface area contributed by atoms with E-state index >= 15 is 0 Å². The molecular weight excluding hydrogens is 202 g/mol. The molecule has 0 saturated heterocycles. The second kappa shape index (κ2) is 7.02. The van der Waals surface area contributed by atoms with Crippen LogP contribution in [-0.4, -0.2) is 13.1 Å². The molecule has 0 amide bonds. The highest BCUT2D eigenvalue weighted by molar-refractivity contribution is 7.09. The lowest BCUT2D eigenvalue weighted by Crippen LogP contribution is -2.26. The van der Waals surface area contributed by atoms with Gasteiger partial charge in [-0.1, -0.05) is 33.3 Å². The van der Waals surface area contributed by atoms with Gasteiger partial charge in [0.25, 0.3) is 0 Å². The molecule has 0 spiro atoms. The molecule has 1 rings (SSSR count). The molecule has 1 aromatic heterocycles. The van der Waals surface area contributed by atoms with Crippen LogP contribution in [0, 0.1) is 11.8 Å². The van der Waals surface area contributed by atoms with E-state index < -0.39 is 0 Å². The largest absolute Gasteiger partial charge is 0.316 e.